The van der Waals surface area contributed by atoms with E-state index in [0.29, 0.717) is 24.5 Å². The maximum Gasteiger partial charge on any atom is 0.273 e. The Balaban J connectivity index is 2.31. The van der Waals surface area contributed by atoms with Crippen molar-refractivity contribution in [2.75, 3.05) is 30.3 Å². The predicted molar refractivity (Wildman–Crippen MR) is 62.7 cm³/mol. The first-order valence-electron chi connectivity index (χ1n) is 5.13. The van der Waals surface area contributed by atoms with Crippen LogP contribution in [0.2, 0.25) is 0 Å². The Kier molecular flexibility index (Phi) is 2.82. The van der Waals surface area contributed by atoms with Crippen molar-refractivity contribution in [2.24, 2.45) is 0 Å². The van der Waals surface area contributed by atoms with Gasteiger partial charge in [-0.15, -0.1) is 0 Å². The standard InChI is InChI=1S/C10H12N4O3/c11-7-3-8(5-9(4-7)14(16)17)13-2-1-12-10(15)6-13/h3-5H,1-2,6,11H2,(H,12,15). The molecule has 0 aromatic heterocycles. The van der Waals surface area contributed by atoms with Crippen LogP contribution in [0.25, 0.3) is 0 Å². The average Bonchev–Trinajstić information content (AvgIpc) is 2.28. The molecule has 0 saturated carbocycles. The second-order valence-corrected chi connectivity index (χ2v) is 3.81. The van der Waals surface area contributed by atoms with Gasteiger partial charge in [0.2, 0.25) is 5.91 Å². The van der Waals surface area contributed by atoms with Crippen molar-refractivity contribution in [3.8, 4) is 0 Å². The molecule has 0 aliphatic carbocycles. The molecule has 0 bridgehead atoms. The Morgan fingerprint density at radius 1 is 1.41 bits per heavy atom. The Morgan fingerprint density at radius 3 is 2.82 bits per heavy atom. The number of carbonyl (C=O) groups excluding carboxylic acids is 1. The monoisotopic (exact) mass is 236 g/mol. The van der Waals surface area contributed by atoms with Crippen molar-refractivity contribution in [2.45, 2.75) is 0 Å². The summed E-state index contributed by atoms with van der Waals surface area (Å²) in [4.78, 5) is 23.2. The van der Waals surface area contributed by atoms with Crippen LogP contribution in [-0.2, 0) is 4.79 Å². The van der Waals surface area contributed by atoms with Gasteiger partial charge in [-0.2, -0.15) is 0 Å². The lowest BCUT2D eigenvalue weighted by atomic mass is 10.2. The van der Waals surface area contributed by atoms with Crippen LogP contribution in [0.1, 0.15) is 0 Å². The molecule has 2 rings (SSSR count). The van der Waals surface area contributed by atoms with E-state index in [2.05, 4.69) is 5.32 Å². The molecule has 1 aromatic carbocycles. The minimum atomic E-state index is -0.496. The highest BCUT2D eigenvalue weighted by Gasteiger charge is 2.19. The van der Waals surface area contributed by atoms with Crippen LogP contribution < -0.4 is 16.0 Å². The second-order valence-electron chi connectivity index (χ2n) is 3.81. The molecule has 0 unspecified atom stereocenters. The summed E-state index contributed by atoms with van der Waals surface area (Å²) < 4.78 is 0. The smallest absolute Gasteiger partial charge is 0.273 e. The molecule has 3 N–H and O–H groups in total. The van der Waals surface area contributed by atoms with Gasteiger partial charge < -0.3 is 16.0 Å². The number of carbonyl (C=O) groups is 1. The molecular formula is C10H12N4O3. The van der Waals surface area contributed by atoms with Crippen LogP contribution in [0, 0.1) is 10.1 Å². The zero-order valence-electron chi connectivity index (χ0n) is 9.05. The Hall–Kier alpha value is -2.31. The summed E-state index contributed by atoms with van der Waals surface area (Å²) >= 11 is 0. The number of benzene rings is 1. The molecule has 0 spiro atoms. The van der Waals surface area contributed by atoms with E-state index >= 15 is 0 Å². The van der Waals surface area contributed by atoms with Crippen molar-refractivity contribution in [1.82, 2.24) is 5.32 Å². The summed E-state index contributed by atoms with van der Waals surface area (Å²) in [6.45, 7) is 1.34. The molecule has 7 nitrogen and oxygen atoms in total. The summed E-state index contributed by atoms with van der Waals surface area (Å²) in [5.74, 6) is -0.0960. The largest absolute Gasteiger partial charge is 0.398 e. The van der Waals surface area contributed by atoms with Crippen molar-refractivity contribution in [3.05, 3.63) is 28.3 Å². The number of nitrogens with one attached hydrogen (secondary N) is 1. The van der Waals surface area contributed by atoms with Gasteiger partial charge in [-0.3, -0.25) is 14.9 Å². The molecule has 1 aliphatic rings. The first-order valence-corrected chi connectivity index (χ1v) is 5.13. The molecule has 1 aromatic rings. The number of piperazine rings is 1. The SMILES string of the molecule is Nc1cc(N2CCNC(=O)C2)cc([N+](=O)[O-])c1. The van der Waals surface area contributed by atoms with Crippen molar-refractivity contribution in [1.29, 1.82) is 0 Å². The van der Waals surface area contributed by atoms with Crippen molar-refractivity contribution < 1.29 is 9.72 Å². The van der Waals surface area contributed by atoms with Crippen LogP contribution >= 0.6 is 0 Å². The summed E-state index contributed by atoms with van der Waals surface area (Å²) in [5, 5.41) is 13.4. The van der Waals surface area contributed by atoms with Gasteiger partial charge in [0.25, 0.3) is 5.69 Å². The van der Waals surface area contributed by atoms with Crippen LogP contribution in [0.15, 0.2) is 18.2 Å². The topological polar surface area (TPSA) is 102 Å². The van der Waals surface area contributed by atoms with Gasteiger partial charge in [0, 0.05) is 36.6 Å². The number of amides is 1. The number of nitro groups is 1. The van der Waals surface area contributed by atoms with E-state index in [4.69, 9.17) is 5.73 Å². The summed E-state index contributed by atoms with van der Waals surface area (Å²) in [6.07, 6.45) is 0. The quantitative estimate of drug-likeness (QED) is 0.431. The number of rotatable bonds is 2. The third-order valence-corrected chi connectivity index (χ3v) is 2.54. The number of non-ortho nitro benzene ring substituents is 1. The minimum absolute atomic E-state index is 0.0639. The molecule has 17 heavy (non-hydrogen) atoms. The normalized spacial score (nSPS) is 15.5. The van der Waals surface area contributed by atoms with E-state index in [0.717, 1.165) is 0 Å². The lowest BCUT2D eigenvalue weighted by molar-refractivity contribution is -0.384. The lowest BCUT2D eigenvalue weighted by Gasteiger charge is -2.28. The van der Waals surface area contributed by atoms with Gasteiger partial charge in [-0.25, -0.2) is 0 Å². The van der Waals surface area contributed by atoms with Gasteiger partial charge in [0.1, 0.15) is 0 Å². The molecule has 0 radical (unpaired) electrons. The minimum Gasteiger partial charge on any atom is -0.398 e. The second kappa shape index (κ2) is 4.28. The maximum atomic E-state index is 11.2. The zero-order chi connectivity index (χ0) is 12.4. The van der Waals surface area contributed by atoms with Crippen molar-refractivity contribution in [3.63, 3.8) is 0 Å². The number of anilines is 2. The highest BCUT2D eigenvalue weighted by atomic mass is 16.6. The van der Waals surface area contributed by atoms with Gasteiger partial charge in [-0.1, -0.05) is 0 Å². The molecule has 1 saturated heterocycles. The Morgan fingerprint density at radius 2 is 2.18 bits per heavy atom. The predicted octanol–water partition coefficient (Wildman–Crippen LogP) is 0.113. The molecule has 0 atom stereocenters. The fraction of sp³-hybridized carbons (Fsp3) is 0.300. The summed E-state index contributed by atoms with van der Waals surface area (Å²) in [7, 11) is 0. The number of nitro benzene ring substituents is 1. The molecule has 1 aliphatic heterocycles. The first kappa shape index (κ1) is 11.2. The number of nitrogens with zero attached hydrogens (tertiary/aromatic N) is 2. The van der Waals surface area contributed by atoms with Crippen LogP contribution in [0.4, 0.5) is 17.1 Å². The number of nitrogen functional groups attached to an aromatic ring is 1. The molecule has 90 valence electrons. The average molecular weight is 236 g/mol. The van der Waals surface area contributed by atoms with E-state index in [9.17, 15) is 14.9 Å². The first-order chi connectivity index (χ1) is 8.06. The van der Waals surface area contributed by atoms with E-state index < -0.39 is 4.92 Å². The zero-order valence-corrected chi connectivity index (χ0v) is 9.05. The maximum absolute atomic E-state index is 11.2. The fourth-order valence-corrected chi connectivity index (χ4v) is 1.76. The molecule has 1 amide bonds. The van der Waals surface area contributed by atoms with E-state index in [1.165, 1.54) is 12.1 Å². The van der Waals surface area contributed by atoms with E-state index in [1.54, 1.807) is 11.0 Å². The molecular weight excluding hydrogens is 224 g/mol. The van der Waals surface area contributed by atoms with Gasteiger partial charge in [0.15, 0.2) is 0 Å². The number of hydrogen-bond acceptors (Lipinski definition) is 5. The number of nitrogens with two attached hydrogens (primary N) is 1. The highest BCUT2D eigenvalue weighted by molar-refractivity contribution is 5.83. The highest BCUT2D eigenvalue weighted by Crippen LogP contribution is 2.25. The molecule has 7 heteroatoms. The third-order valence-electron chi connectivity index (χ3n) is 2.54. The fourth-order valence-electron chi connectivity index (χ4n) is 1.76. The molecule has 1 heterocycles. The van der Waals surface area contributed by atoms with Gasteiger partial charge in [0.05, 0.1) is 11.5 Å². The van der Waals surface area contributed by atoms with Gasteiger partial charge in [-0.05, 0) is 6.07 Å². The van der Waals surface area contributed by atoms with E-state index in [1.807, 2.05) is 0 Å². The molecule has 1 fully saturated rings. The summed E-state index contributed by atoms with van der Waals surface area (Å²) in [6, 6.07) is 4.36. The van der Waals surface area contributed by atoms with Crippen LogP contribution in [-0.4, -0.2) is 30.5 Å². The third kappa shape index (κ3) is 2.44. The van der Waals surface area contributed by atoms with Crippen LogP contribution in [0.5, 0.6) is 0 Å². The number of hydrogen-bond donors (Lipinski definition) is 2. The Labute approximate surface area is 97.3 Å². The van der Waals surface area contributed by atoms with E-state index in [-0.39, 0.29) is 18.1 Å². The van der Waals surface area contributed by atoms with Crippen LogP contribution in [0.3, 0.4) is 0 Å². The Bertz CT molecular complexity index is 475. The van der Waals surface area contributed by atoms with Gasteiger partial charge >= 0.3 is 0 Å². The summed E-state index contributed by atoms with van der Waals surface area (Å²) in [5.41, 5.74) is 6.47. The lowest BCUT2D eigenvalue weighted by Crippen LogP contribution is -2.47. The van der Waals surface area contributed by atoms with Crippen molar-refractivity contribution >= 4 is 23.0 Å².